The van der Waals surface area contributed by atoms with Crippen LogP contribution >= 0.6 is 11.8 Å². The molecule has 2 N–H and O–H groups in total. The van der Waals surface area contributed by atoms with Crippen LogP contribution in [0.1, 0.15) is 11.1 Å². The quantitative estimate of drug-likeness (QED) is 0.833. The lowest BCUT2D eigenvalue weighted by Crippen LogP contribution is -2.01. The van der Waals surface area contributed by atoms with Crippen molar-refractivity contribution < 1.29 is 5.11 Å². The summed E-state index contributed by atoms with van der Waals surface area (Å²) in [6.07, 6.45) is 1.96. The van der Waals surface area contributed by atoms with Gasteiger partial charge in [-0.05, 0) is 36.1 Å². The average Bonchev–Trinajstić information content (AvgIpc) is 2.46. The highest BCUT2D eigenvalue weighted by Gasteiger charge is 2.06. The van der Waals surface area contributed by atoms with E-state index < -0.39 is 0 Å². The standard InChI is InChI=1S/C15H14N2OS/c1-19-15-4-2-3-14(13(15)9-16)17-10-11-5-7-12(18)8-6-11/h2-8,17-18H,10H2,1H3. The van der Waals surface area contributed by atoms with Crippen molar-refractivity contribution in [3.8, 4) is 11.8 Å². The van der Waals surface area contributed by atoms with Crippen LogP contribution in [0.15, 0.2) is 47.4 Å². The van der Waals surface area contributed by atoms with Crippen LogP contribution in [0.5, 0.6) is 5.75 Å². The van der Waals surface area contributed by atoms with E-state index >= 15 is 0 Å². The first-order valence-corrected chi connectivity index (χ1v) is 7.06. The van der Waals surface area contributed by atoms with Crippen LogP contribution in [0.2, 0.25) is 0 Å². The summed E-state index contributed by atoms with van der Waals surface area (Å²) in [5.74, 6) is 0.255. The molecule has 0 aliphatic heterocycles. The number of rotatable bonds is 4. The van der Waals surface area contributed by atoms with Crippen molar-refractivity contribution in [1.29, 1.82) is 5.26 Å². The second-order valence-corrected chi connectivity index (χ2v) is 4.86. The summed E-state index contributed by atoms with van der Waals surface area (Å²) >= 11 is 1.56. The molecule has 0 heterocycles. The molecule has 2 aromatic carbocycles. The van der Waals surface area contributed by atoms with Crippen molar-refractivity contribution in [3.63, 3.8) is 0 Å². The Morgan fingerprint density at radius 1 is 1.21 bits per heavy atom. The normalized spacial score (nSPS) is 9.89. The van der Waals surface area contributed by atoms with Gasteiger partial charge in [-0.15, -0.1) is 11.8 Å². The number of anilines is 1. The molecule has 3 nitrogen and oxygen atoms in total. The number of hydrogen-bond acceptors (Lipinski definition) is 4. The molecule has 19 heavy (non-hydrogen) atoms. The molecule has 0 fully saturated rings. The van der Waals surface area contributed by atoms with E-state index in [1.54, 1.807) is 23.9 Å². The molecule has 96 valence electrons. The van der Waals surface area contributed by atoms with Crippen molar-refractivity contribution in [2.45, 2.75) is 11.4 Å². The van der Waals surface area contributed by atoms with E-state index in [9.17, 15) is 10.4 Å². The van der Waals surface area contributed by atoms with Gasteiger partial charge in [0.2, 0.25) is 0 Å². The molecule has 0 spiro atoms. The van der Waals surface area contributed by atoms with Gasteiger partial charge in [0, 0.05) is 11.4 Å². The Morgan fingerprint density at radius 3 is 2.58 bits per heavy atom. The van der Waals surface area contributed by atoms with E-state index in [1.165, 1.54) is 0 Å². The molecule has 0 atom stereocenters. The summed E-state index contributed by atoms with van der Waals surface area (Å²) in [4.78, 5) is 0.971. The molecule has 2 rings (SSSR count). The summed E-state index contributed by atoms with van der Waals surface area (Å²) in [6.45, 7) is 0.618. The Balaban J connectivity index is 2.16. The predicted molar refractivity (Wildman–Crippen MR) is 78.4 cm³/mol. The highest BCUT2D eigenvalue weighted by Crippen LogP contribution is 2.26. The highest BCUT2D eigenvalue weighted by atomic mass is 32.2. The molecule has 0 bridgehead atoms. The Kier molecular flexibility index (Phi) is 4.32. The lowest BCUT2D eigenvalue weighted by molar-refractivity contribution is 0.475. The number of nitriles is 1. The maximum absolute atomic E-state index is 9.23. The summed E-state index contributed by atoms with van der Waals surface area (Å²) in [5, 5.41) is 21.7. The number of aromatic hydroxyl groups is 1. The number of thioether (sulfide) groups is 1. The van der Waals surface area contributed by atoms with Crippen molar-refractivity contribution >= 4 is 17.4 Å². The van der Waals surface area contributed by atoms with E-state index in [2.05, 4.69) is 11.4 Å². The van der Waals surface area contributed by atoms with Crippen molar-refractivity contribution in [2.75, 3.05) is 11.6 Å². The van der Waals surface area contributed by atoms with Crippen LogP contribution in [0, 0.1) is 11.3 Å². The topological polar surface area (TPSA) is 56.0 Å². The zero-order valence-electron chi connectivity index (χ0n) is 10.6. The van der Waals surface area contributed by atoms with Gasteiger partial charge in [-0.2, -0.15) is 5.26 Å². The fourth-order valence-corrected chi connectivity index (χ4v) is 2.35. The second kappa shape index (κ2) is 6.17. The van der Waals surface area contributed by atoms with Crippen LogP contribution in [0.4, 0.5) is 5.69 Å². The molecule has 0 aliphatic rings. The minimum atomic E-state index is 0.255. The van der Waals surface area contributed by atoms with Crippen LogP contribution < -0.4 is 5.32 Å². The molecule has 2 aromatic rings. The number of phenols is 1. The summed E-state index contributed by atoms with van der Waals surface area (Å²) in [5.41, 5.74) is 2.56. The predicted octanol–water partition coefficient (Wildman–Crippen LogP) is 3.60. The van der Waals surface area contributed by atoms with E-state index in [1.807, 2.05) is 36.6 Å². The first-order valence-electron chi connectivity index (χ1n) is 5.83. The fourth-order valence-electron chi connectivity index (χ4n) is 1.77. The third kappa shape index (κ3) is 3.21. The van der Waals surface area contributed by atoms with E-state index in [-0.39, 0.29) is 5.75 Å². The van der Waals surface area contributed by atoms with Crippen LogP contribution in [0.3, 0.4) is 0 Å². The van der Waals surface area contributed by atoms with Gasteiger partial charge in [0.1, 0.15) is 11.8 Å². The number of hydrogen-bond donors (Lipinski definition) is 2. The third-order valence-corrected chi connectivity index (χ3v) is 3.56. The molecular weight excluding hydrogens is 256 g/mol. The van der Waals surface area contributed by atoms with E-state index in [4.69, 9.17) is 0 Å². The lowest BCUT2D eigenvalue weighted by Gasteiger charge is -2.10. The van der Waals surface area contributed by atoms with Crippen molar-refractivity contribution in [3.05, 3.63) is 53.6 Å². The summed E-state index contributed by atoms with van der Waals surface area (Å²) in [6, 6.07) is 15.0. The van der Waals surface area contributed by atoms with Crippen LogP contribution in [-0.4, -0.2) is 11.4 Å². The molecule has 0 radical (unpaired) electrons. The Morgan fingerprint density at radius 2 is 1.95 bits per heavy atom. The smallest absolute Gasteiger partial charge is 0.115 e. The highest BCUT2D eigenvalue weighted by molar-refractivity contribution is 7.98. The first-order chi connectivity index (χ1) is 9.24. The van der Waals surface area contributed by atoms with Crippen molar-refractivity contribution in [1.82, 2.24) is 0 Å². The van der Waals surface area contributed by atoms with E-state index in [0.717, 1.165) is 16.1 Å². The number of benzene rings is 2. The SMILES string of the molecule is CSc1cccc(NCc2ccc(O)cc2)c1C#N. The maximum atomic E-state index is 9.23. The van der Waals surface area contributed by atoms with Gasteiger partial charge in [-0.3, -0.25) is 0 Å². The number of phenolic OH excluding ortho intramolecular Hbond substituents is 1. The van der Waals surface area contributed by atoms with Gasteiger partial charge in [0.05, 0.1) is 11.3 Å². The summed E-state index contributed by atoms with van der Waals surface area (Å²) in [7, 11) is 0. The minimum absolute atomic E-state index is 0.255. The summed E-state index contributed by atoms with van der Waals surface area (Å²) < 4.78 is 0. The molecular formula is C15H14N2OS. The molecule has 0 saturated heterocycles. The third-order valence-electron chi connectivity index (χ3n) is 2.78. The Hall–Kier alpha value is -2.12. The number of nitrogens with one attached hydrogen (secondary N) is 1. The zero-order chi connectivity index (χ0) is 13.7. The average molecular weight is 270 g/mol. The van der Waals surface area contributed by atoms with Gasteiger partial charge < -0.3 is 10.4 Å². The first kappa shape index (κ1) is 13.3. The number of nitrogens with zero attached hydrogens (tertiary/aromatic N) is 1. The van der Waals surface area contributed by atoms with E-state index in [0.29, 0.717) is 12.1 Å². The van der Waals surface area contributed by atoms with Gasteiger partial charge in [-0.1, -0.05) is 18.2 Å². The maximum Gasteiger partial charge on any atom is 0.115 e. The van der Waals surface area contributed by atoms with Gasteiger partial charge in [0.15, 0.2) is 0 Å². The molecule has 0 aromatic heterocycles. The van der Waals surface area contributed by atoms with Crippen molar-refractivity contribution in [2.24, 2.45) is 0 Å². The molecule has 4 heteroatoms. The molecule has 0 saturated carbocycles. The molecule has 0 aliphatic carbocycles. The van der Waals surface area contributed by atoms with Gasteiger partial charge in [-0.25, -0.2) is 0 Å². The van der Waals surface area contributed by atoms with Gasteiger partial charge in [0.25, 0.3) is 0 Å². The fraction of sp³-hybridized carbons (Fsp3) is 0.133. The Labute approximate surface area is 116 Å². The van der Waals surface area contributed by atoms with Crippen LogP contribution in [-0.2, 0) is 6.54 Å². The largest absolute Gasteiger partial charge is 0.508 e. The minimum Gasteiger partial charge on any atom is -0.508 e. The van der Waals surface area contributed by atoms with Crippen LogP contribution in [0.25, 0.3) is 0 Å². The lowest BCUT2D eigenvalue weighted by atomic mass is 10.1. The molecule has 0 unspecified atom stereocenters. The Bertz CT molecular complexity index is 603. The van der Waals surface area contributed by atoms with Gasteiger partial charge >= 0.3 is 0 Å². The zero-order valence-corrected chi connectivity index (χ0v) is 11.4. The monoisotopic (exact) mass is 270 g/mol. The molecule has 0 amide bonds. The second-order valence-electron chi connectivity index (χ2n) is 4.01.